The van der Waals surface area contributed by atoms with Gasteiger partial charge in [0.15, 0.2) is 0 Å². The van der Waals surface area contributed by atoms with Gasteiger partial charge in [-0.3, -0.25) is 0 Å². The lowest BCUT2D eigenvalue weighted by atomic mass is 9.90. The molecule has 5 atom stereocenters. The van der Waals surface area contributed by atoms with E-state index in [9.17, 15) is 0 Å². The van der Waals surface area contributed by atoms with Gasteiger partial charge in [-0.05, 0) is 33.1 Å². The van der Waals surface area contributed by atoms with Crippen molar-refractivity contribution in [1.82, 2.24) is 0 Å². The molecule has 0 aliphatic carbocycles. The van der Waals surface area contributed by atoms with Gasteiger partial charge in [0.2, 0.25) is 0 Å². The molecule has 2 aliphatic rings. The first-order chi connectivity index (χ1) is 9.68. The molecule has 0 spiro atoms. The summed E-state index contributed by atoms with van der Waals surface area (Å²) in [7, 11) is -1.70. The molecule has 2 fully saturated rings. The summed E-state index contributed by atoms with van der Waals surface area (Å²) in [6.07, 6.45) is 5.32. The van der Waals surface area contributed by atoms with Crippen LogP contribution in [0.4, 0.5) is 0 Å². The minimum Gasteiger partial charge on any atom is -0.376 e. The molecule has 0 N–H and O–H groups in total. The van der Waals surface area contributed by atoms with E-state index < -0.39 is 7.11 Å². The number of ether oxygens (including phenoxy) is 3. The maximum Gasteiger partial charge on any atom is 0.123 e. The molecule has 2 saturated heterocycles. The Bertz CT molecular complexity index is 409. The van der Waals surface area contributed by atoms with Crippen LogP contribution in [0.25, 0.3) is 0 Å². The Morgan fingerprint density at radius 1 is 1.33 bits per heavy atom. The summed E-state index contributed by atoms with van der Waals surface area (Å²) in [5.74, 6) is 0. The van der Waals surface area contributed by atoms with Gasteiger partial charge in [0.05, 0.1) is 25.4 Å². The van der Waals surface area contributed by atoms with Crippen LogP contribution in [-0.2, 0) is 18.7 Å². The smallest absolute Gasteiger partial charge is 0.123 e. The van der Waals surface area contributed by atoms with Crippen molar-refractivity contribution in [2.24, 2.45) is 0 Å². The van der Waals surface area contributed by atoms with Gasteiger partial charge in [-0.2, -0.15) is 0 Å². The molecule has 124 valence electrons. The summed E-state index contributed by atoms with van der Waals surface area (Å²) in [5.41, 5.74) is 0.0534. The van der Waals surface area contributed by atoms with Crippen LogP contribution in [-0.4, -0.2) is 61.9 Å². The van der Waals surface area contributed by atoms with Crippen LogP contribution in [0, 0.1) is 0 Å². The molecule has 2 rings (SSSR count). The zero-order valence-corrected chi connectivity index (χ0v) is 15.2. The Hall–Kier alpha value is 0.140. The Labute approximate surface area is 129 Å². The highest BCUT2D eigenvalue weighted by Gasteiger charge is 2.58. The molecule has 2 aliphatic heterocycles. The van der Waals surface area contributed by atoms with Crippen molar-refractivity contribution in [1.29, 1.82) is 0 Å². The van der Waals surface area contributed by atoms with Gasteiger partial charge < -0.3 is 18.7 Å². The second kappa shape index (κ2) is 6.33. The Balaban J connectivity index is 2.21. The quantitative estimate of drug-likeness (QED) is 0.705. The highest BCUT2D eigenvalue weighted by molar-refractivity contribution is 7.69. The summed E-state index contributed by atoms with van der Waals surface area (Å²) in [6.45, 7) is 13.9. The van der Waals surface area contributed by atoms with Gasteiger partial charge in [0.25, 0.3) is 0 Å². The predicted octanol–water partition coefficient (Wildman–Crippen LogP) is 3.15. The van der Waals surface area contributed by atoms with Crippen LogP contribution in [0.3, 0.4) is 0 Å². The van der Waals surface area contributed by atoms with Gasteiger partial charge in [-0.25, -0.2) is 0 Å². The fraction of sp³-hybridized carbons (Fsp3) is 0.938. The van der Waals surface area contributed by atoms with E-state index in [1.54, 1.807) is 0 Å². The minimum atomic E-state index is -1.70. The normalized spacial score (nSPS) is 39.0. The molecule has 2 heterocycles. The van der Waals surface area contributed by atoms with Crippen molar-refractivity contribution < 1.29 is 18.7 Å². The van der Waals surface area contributed by atoms with E-state index >= 15 is 0 Å². The van der Waals surface area contributed by atoms with Gasteiger partial charge in [0, 0.05) is 13.5 Å². The summed E-state index contributed by atoms with van der Waals surface area (Å²) in [4.78, 5) is 0. The molecular weight excluding hydrogens is 287 g/mol. The van der Waals surface area contributed by atoms with E-state index in [0.717, 1.165) is 6.42 Å². The van der Waals surface area contributed by atoms with E-state index in [0.29, 0.717) is 18.9 Å². The van der Waals surface area contributed by atoms with E-state index in [1.165, 1.54) is 0 Å². The number of hydrogen-bond acceptors (Lipinski definition) is 4. The monoisotopic (exact) mass is 318 g/mol. The molecule has 21 heavy (non-hydrogen) atoms. The van der Waals surface area contributed by atoms with E-state index in [-0.39, 0.29) is 30.0 Å². The molecule has 4 nitrogen and oxygen atoms in total. The third-order valence-electron chi connectivity index (χ3n) is 4.64. The highest BCUT2D eigenvalue weighted by atomic mass is 31.2. The fourth-order valence-electron chi connectivity index (χ4n) is 2.87. The maximum atomic E-state index is 6.50. The summed E-state index contributed by atoms with van der Waals surface area (Å²) < 4.78 is 24.6. The van der Waals surface area contributed by atoms with Crippen LogP contribution < -0.4 is 0 Å². The fourth-order valence-corrected chi connectivity index (χ4v) is 3.95. The minimum absolute atomic E-state index is 0.00524. The second-order valence-corrected chi connectivity index (χ2v) is 10.7. The Kier molecular flexibility index (Phi) is 5.27. The lowest BCUT2D eigenvalue weighted by Gasteiger charge is -2.42. The van der Waals surface area contributed by atoms with Crippen molar-refractivity contribution in [3.63, 3.8) is 0 Å². The van der Waals surface area contributed by atoms with Crippen LogP contribution in [0.2, 0.25) is 0 Å². The molecule has 0 aromatic rings. The molecule has 0 aromatic heterocycles. The average molecular weight is 318 g/mol. The van der Waals surface area contributed by atoms with Crippen LogP contribution in [0.5, 0.6) is 0 Å². The molecule has 0 amide bonds. The Morgan fingerprint density at radius 2 is 2.00 bits per heavy atom. The topological polar surface area (TPSA) is 36.9 Å². The van der Waals surface area contributed by atoms with Gasteiger partial charge in [-0.1, -0.05) is 20.1 Å². The van der Waals surface area contributed by atoms with Crippen LogP contribution in [0.1, 0.15) is 41.0 Å². The highest BCUT2D eigenvalue weighted by Crippen LogP contribution is 2.54. The summed E-state index contributed by atoms with van der Waals surface area (Å²) >= 11 is 0. The van der Waals surface area contributed by atoms with Crippen molar-refractivity contribution in [2.75, 3.05) is 19.9 Å². The van der Waals surface area contributed by atoms with E-state index in [2.05, 4.69) is 33.7 Å². The van der Waals surface area contributed by atoms with Crippen molar-refractivity contribution in [3.05, 3.63) is 0 Å². The Morgan fingerprint density at radius 3 is 2.57 bits per heavy atom. The van der Waals surface area contributed by atoms with Crippen molar-refractivity contribution in [3.8, 4) is 0 Å². The SMILES string of the molecule is C=P(C)(OC1C2OCCC1(COC(C)C)OC2C)C(C)C. The lowest BCUT2D eigenvalue weighted by Crippen LogP contribution is -2.53. The zero-order valence-electron chi connectivity index (χ0n) is 14.3. The van der Waals surface area contributed by atoms with Crippen molar-refractivity contribution >= 4 is 13.4 Å². The molecule has 5 heteroatoms. The first-order valence-electron chi connectivity index (χ1n) is 7.98. The molecule has 0 radical (unpaired) electrons. The van der Waals surface area contributed by atoms with Gasteiger partial charge in [0.1, 0.15) is 17.8 Å². The molecule has 2 bridgehead atoms. The third kappa shape index (κ3) is 3.56. The van der Waals surface area contributed by atoms with Crippen LogP contribution >= 0.6 is 7.11 Å². The largest absolute Gasteiger partial charge is 0.376 e. The molecule has 0 aromatic carbocycles. The second-order valence-electron chi connectivity index (χ2n) is 7.13. The van der Waals surface area contributed by atoms with Crippen LogP contribution in [0.15, 0.2) is 0 Å². The van der Waals surface area contributed by atoms with E-state index in [1.807, 2.05) is 13.8 Å². The summed E-state index contributed by atoms with van der Waals surface area (Å²) in [5, 5.41) is 0. The average Bonchev–Trinajstić information content (AvgIpc) is 2.53. The standard InChI is InChI=1S/C16H31O4P/c1-11(2)18-10-16-8-9-17-14(13(5)19-16)15(16)20-21(6,7)12(3)4/h11-15H,6,8-10H2,1-5,7H3. The first-order valence-corrected chi connectivity index (χ1v) is 10.4. The predicted molar refractivity (Wildman–Crippen MR) is 88.7 cm³/mol. The number of rotatable bonds is 6. The van der Waals surface area contributed by atoms with E-state index in [4.69, 9.17) is 18.7 Å². The summed E-state index contributed by atoms with van der Waals surface area (Å²) in [6, 6.07) is 0. The molecule has 0 saturated carbocycles. The van der Waals surface area contributed by atoms with Gasteiger partial charge in [-0.15, -0.1) is 0 Å². The van der Waals surface area contributed by atoms with Crippen molar-refractivity contribution in [2.45, 2.75) is 76.7 Å². The van der Waals surface area contributed by atoms with Gasteiger partial charge >= 0.3 is 0 Å². The first kappa shape index (κ1) is 17.5. The molecule has 5 unspecified atom stereocenters. The number of hydrogen-bond donors (Lipinski definition) is 0. The third-order valence-corrected chi connectivity index (χ3v) is 7.54. The molecular formula is C16H31O4P. The lowest BCUT2D eigenvalue weighted by molar-refractivity contribution is -0.148. The number of fused-ring (bicyclic) bond motifs is 2. The zero-order chi connectivity index (χ0) is 15.8. The maximum absolute atomic E-state index is 6.50.